The van der Waals surface area contributed by atoms with Crippen molar-refractivity contribution >= 4 is 6.08 Å². The molecule has 1 heterocycles. The second kappa shape index (κ2) is 5.65. The van der Waals surface area contributed by atoms with Gasteiger partial charge in [0.15, 0.2) is 0 Å². The third-order valence-electron chi connectivity index (χ3n) is 3.64. The highest BCUT2D eigenvalue weighted by molar-refractivity contribution is 5.62. The third-order valence-corrected chi connectivity index (χ3v) is 3.64. The van der Waals surface area contributed by atoms with Crippen LogP contribution in [0.25, 0.3) is 6.08 Å². The molecule has 1 aliphatic heterocycles. The minimum atomic E-state index is -4.43. The van der Waals surface area contributed by atoms with E-state index in [1.807, 2.05) is 32.0 Å². The molecular weight excluding hydrogens is 305 g/mol. The van der Waals surface area contributed by atoms with Gasteiger partial charge < -0.3 is 9.47 Å². The van der Waals surface area contributed by atoms with Gasteiger partial charge in [0.25, 0.3) is 0 Å². The molecule has 0 spiro atoms. The van der Waals surface area contributed by atoms with Gasteiger partial charge in [-0.25, -0.2) is 0 Å². The fourth-order valence-corrected chi connectivity index (χ4v) is 2.44. The van der Waals surface area contributed by atoms with Crippen LogP contribution in [-0.2, 0) is 0 Å². The number of alkyl halides is 3. The number of benzene rings is 2. The molecule has 0 fully saturated rings. The van der Waals surface area contributed by atoms with E-state index in [2.05, 4.69) is 0 Å². The summed E-state index contributed by atoms with van der Waals surface area (Å²) in [7, 11) is 0. The maximum atomic E-state index is 12.8. The number of ether oxygens (including phenoxy) is 2. The maximum absolute atomic E-state index is 12.8. The third kappa shape index (κ3) is 3.18. The average molecular weight is 320 g/mol. The Labute approximate surface area is 132 Å². The Bertz CT molecular complexity index is 743. The van der Waals surface area contributed by atoms with Crippen molar-refractivity contribution in [1.29, 1.82) is 0 Å². The number of aryl methyl sites for hydroxylation is 2. The Morgan fingerprint density at radius 3 is 2.39 bits per heavy atom. The van der Waals surface area contributed by atoms with E-state index >= 15 is 0 Å². The van der Waals surface area contributed by atoms with Crippen LogP contribution >= 0.6 is 0 Å². The van der Waals surface area contributed by atoms with Gasteiger partial charge in [0.2, 0.25) is 6.10 Å². The highest BCUT2D eigenvalue weighted by atomic mass is 19.4. The van der Waals surface area contributed by atoms with E-state index in [0.717, 1.165) is 17.2 Å². The van der Waals surface area contributed by atoms with Crippen LogP contribution in [-0.4, -0.2) is 12.3 Å². The first kappa shape index (κ1) is 15.5. The molecule has 5 heteroatoms. The second-order valence-electron chi connectivity index (χ2n) is 5.46. The molecule has 0 aliphatic carbocycles. The quantitative estimate of drug-likeness (QED) is 0.734. The first-order valence-corrected chi connectivity index (χ1v) is 7.14. The molecule has 3 rings (SSSR count). The van der Waals surface area contributed by atoms with Gasteiger partial charge in [0, 0.05) is 11.6 Å². The standard InChI is InChI=1S/C18H15F3O2/c1-11-4-3-5-12(2)17(11)22-14-8-6-13-7-9-16(18(19,20)21)23-15(13)10-14/h3-10,16H,1-2H3. The van der Waals surface area contributed by atoms with Crippen molar-refractivity contribution in [3.05, 3.63) is 59.2 Å². The SMILES string of the molecule is Cc1cccc(C)c1Oc1ccc2c(c1)OC(C(F)(F)F)C=C2. The fourth-order valence-electron chi connectivity index (χ4n) is 2.44. The molecule has 120 valence electrons. The Kier molecular flexibility index (Phi) is 3.80. The van der Waals surface area contributed by atoms with Crippen LogP contribution in [0.1, 0.15) is 16.7 Å². The molecule has 1 unspecified atom stereocenters. The second-order valence-corrected chi connectivity index (χ2v) is 5.46. The van der Waals surface area contributed by atoms with Crippen molar-refractivity contribution in [3.63, 3.8) is 0 Å². The highest BCUT2D eigenvalue weighted by Crippen LogP contribution is 2.37. The van der Waals surface area contributed by atoms with E-state index < -0.39 is 12.3 Å². The van der Waals surface area contributed by atoms with Crippen molar-refractivity contribution < 1.29 is 22.6 Å². The van der Waals surface area contributed by atoms with E-state index in [1.54, 1.807) is 12.1 Å². The van der Waals surface area contributed by atoms with E-state index in [4.69, 9.17) is 9.47 Å². The Morgan fingerprint density at radius 1 is 1.04 bits per heavy atom. The van der Waals surface area contributed by atoms with Gasteiger partial charge in [-0.1, -0.05) is 24.3 Å². The van der Waals surface area contributed by atoms with Crippen molar-refractivity contribution in [2.24, 2.45) is 0 Å². The van der Waals surface area contributed by atoms with Crippen molar-refractivity contribution in [2.75, 3.05) is 0 Å². The largest absolute Gasteiger partial charge is 0.476 e. The predicted molar refractivity (Wildman–Crippen MR) is 81.9 cm³/mol. The summed E-state index contributed by atoms with van der Waals surface area (Å²) in [5.41, 5.74) is 2.51. The summed E-state index contributed by atoms with van der Waals surface area (Å²) in [4.78, 5) is 0. The molecule has 2 aromatic rings. The minimum absolute atomic E-state index is 0.165. The molecule has 2 nitrogen and oxygen atoms in total. The molecule has 0 saturated carbocycles. The molecule has 0 N–H and O–H groups in total. The van der Waals surface area contributed by atoms with Gasteiger partial charge in [-0.15, -0.1) is 0 Å². The zero-order valence-corrected chi connectivity index (χ0v) is 12.6. The van der Waals surface area contributed by atoms with Gasteiger partial charge in [0.1, 0.15) is 17.2 Å². The minimum Gasteiger partial charge on any atom is -0.476 e. The monoisotopic (exact) mass is 320 g/mol. The summed E-state index contributed by atoms with van der Waals surface area (Å²) in [6.45, 7) is 3.83. The van der Waals surface area contributed by atoms with Crippen LogP contribution in [0.5, 0.6) is 17.2 Å². The van der Waals surface area contributed by atoms with E-state index in [0.29, 0.717) is 17.1 Å². The molecule has 23 heavy (non-hydrogen) atoms. The first-order valence-electron chi connectivity index (χ1n) is 7.14. The summed E-state index contributed by atoms with van der Waals surface area (Å²) in [5.74, 6) is 1.31. The molecule has 2 aromatic carbocycles. The van der Waals surface area contributed by atoms with E-state index in [9.17, 15) is 13.2 Å². The topological polar surface area (TPSA) is 18.5 Å². The molecule has 0 bridgehead atoms. The van der Waals surface area contributed by atoms with Crippen LogP contribution in [0.3, 0.4) is 0 Å². The average Bonchev–Trinajstić information content (AvgIpc) is 2.49. The molecule has 0 aromatic heterocycles. The Morgan fingerprint density at radius 2 is 1.74 bits per heavy atom. The molecule has 0 radical (unpaired) electrons. The predicted octanol–water partition coefficient (Wildman–Crippen LogP) is 5.43. The van der Waals surface area contributed by atoms with Gasteiger partial charge >= 0.3 is 6.18 Å². The molecule has 0 saturated heterocycles. The lowest BCUT2D eigenvalue weighted by Crippen LogP contribution is -2.33. The van der Waals surface area contributed by atoms with Crippen molar-refractivity contribution in [1.82, 2.24) is 0 Å². The highest BCUT2D eigenvalue weighted by Gasteiger charge is 2.41. The van der Waals surface area contributed by atoms with Crippen molar-refractivity contribution in [3.8, 4) is 17.2 Å². The van der Waals surface area contributed by atoms with Crippen LogP contribution < -0.4 is 9.47 Å². The van der Waals surface area contributed by atoms with Gasteiger partial charge in [-0.2, -0.15) is 13.2 Å². The van der Waals surface area contributed by atoms with Crippen LogP contribution in [0.4, 0.5) is 13.2 Å². The van der Waals surface area contributed by atoms with Gasteiger partial charge in [0.05, 0.1) is 0 Å². The van der Waals surface area contributed by atoms with Crippen LogP contribution in [0, 0.1) is 13.8 Å². The Hall–Kier alpha value is -2.43. The zero-order chi connectivity index (χ0) is 16.6. The number of rotatable bonds is 2. The van der Waals surface area contributed by atoms with Gasteiger partial charge in [-0.05, 0) is 43.2 Å². The zero-order valence-electron chi connectivity index (χ0n) is 12.6. The van der Waals surface area contributed by atoms with E-state index in [1.165, 1.54) is 12.1 Å². The summed E-state index contributed by atoms with van der Waals surface area (Å²) in [5, 5.41) is 0. The smallest absolute Gasteiger partial charge is 0.429 e. The summed E-state index contributed by atoms with van der Waals surface area (Å²) in [6, 6.07) is 10.6. The summed E-state index contributed by atoms with van der Waals surface area (Å²) < 4.78 is 49.2. The maximum Gasteiger partial charge on any atom is 0.429 e. The summed E-state index contributed by atoms with van der Waals surface area (Å²) >= 11 is 0. The lowest BCUT2D eigenvalue weighted by molar-refractivity contribution is -0.180. The van der Waals surface area contributed by atoms with E-state index in [-0.39, 0.29) is 5.75 Å². The van der Waals surface area contributed by atoms with Crippen LogP contribution in [0.15, 0.2) is 42.5 Å². The molecular formula is C18H15F3O2. The molecule has 0 amide bonds. The Balaban J connectivity index is 1.89. The van der Waals surface area contributed by atoms with Gasteiger partial charge in [-0.3, -0.25) is 0 Å². The number of halogens is 3. The molecule has 1 aliphatic rings. The number of fused-ring (bicyclic) bond motifs is 1. The number of hydrogen-bond acceptors (Lipinski definition) is 2. The fraction of sp³-hybridized carbons (Fsp3) is 0.222. The lowest BCUT2D eigenvalue weighted by Gasteiger charge is -2.24. The number of hydrogen-bond donors (Lipinski definition) is 0. The van der Waals surface area contributed by atoms with Crippen molar-refractivity contribution in [2.45, 2.75) is 26.1 Å². The first-order chi connectivity index (χ1) is 10.8. The molecule has 1 atom stereocenters. The normalized spacial score (nSPS) is 16.7. The lowest BCUT2D eigenvalue weighted by atomic mass is 10.1. The summed E-state index contributed by atoms with van der Waals surface area (Å²) in [6.07, 6.45) is -3.93. The van der Waals surface area contributed by atoms with Crippen LogP contribution in [0.2, 0.25) is 0 Å². The number of para-hydroxylation sites is 1.